The lowest BCUT2D eigenvalue weighted by Crippen LogP contribution is -2.32. The first-order valence-corrected chi connectivity index (χ1v) is 9.77. The summed E-state index contributed by atoms with van der Waals surface area (Å²) < 4.78 is 30.6. The van der Waals surface area contributed by atoms with Gasteiger partial charge >= 0.3 is 0 Å². The van der Waals surface area contributed by atoms with Crippen LogP contribution in [0.4, 0.5) is 8.78 Å². The maximum absolute atomic E-state index is 14.6. The lowest BCUT2D eigenvalue weighted by Gasteiger charge is -2.12. The monoisotopic (exact) mass is 432 g/mol. The van der Waals surface area contributed by atoms with Crippen LogP contribution >= 0.6 is 0 Å². The van der Waals surface area contributed by atoms with Gasteiger partial charge in [-0.1, -0.05) is 24.3 Å². The van der Waals surface area contributed by atoms with Crippen molar-refractivity contribution < 1.29 is 13.6 Å². The minimum Gasteiger partial charge on any atom is -0.346 e. The number of aryl methyl sites for hydroxylation is 1. The molecule has 2 heterocycles. The molecule has 0 radical (unpaired) electrons. The highest BCUT2D eigenvalue weighted by Gasteiger charge is 2.18. The molecular weight excluding hydrogens is 414 g/mol. The lowest BCUT2D eigenvalue weighted by atomic mass is 10.0. The number of nitrogens with zero attached hydrogens (tertiary/aromatic N) is 3. The van der Waals surface area contributed by atoms with Gasteiger partial charge < -0.3 is 5.32 Å². The van der Waals surface area contributed by atoms with E-state index >= 15 is 0 Å². The predicted molar refractivity (Wildman–Crippen MR) is 115 cm³/mol. The summed E-state index contributed by atoms with van der Waals surface area (Å²) in [5, 5.41) is 6.54. The van der Waals surface area contributed by atoms with Gasteiger partial charge in [0.25, 0.3) is 5.91 Å². The van der Waals surface area contributed by atoms with Crippen LogP contribution in [0, 0.1) is 18.6 Å². The number of carbonyl (C=O) groups excluding carboxylic acids is 1. The summed E-state index contributed by atoms with van der Waals surface area (Å²) >= 11 is 0. The Kier molecular flexibility index (Phi) is 5.85. The van der Waals surface area contributed by atoms with Gasteiger partial charge in [-0.25, -0.2) is 13.5 Å². The minimum atomic E-state index is -0.824. The molecule has 2 aromatic heterocycles. The Hall–Kier alpha value is -4.20. The average Bonchev–Trinajstić information content (AvgIpc) is 2.79. The molecular formula is C24H18F2N4O2. The van der Waals surface area contributed by atoms with Gasteiger partial charge in [-0.3, -0.25) is 14.6 Å². The number of nitrogens with one attached hydrogen (secondary N) is 1. The third-order valence-electron chi connectivity index (χ3n) is 4.88. The molecule has 160 valence electrons. The topological polar surface area (TPSA) is 76.9 Å². The number of hydrogen-bond acceptors (Lipinski definition) is 4. The lowest BCUT2D eigenvalue weighted by molar-refractivity contribution is 0.0942. The van der Waals surface area contributed by atoms with Crippen LogP contribution in [0.15, 0.2) is 77.9 Å². The molecule has 6 nitrogen and oxygen atoms in total. The van der Waals surface area contributed by atoms with Gasteiger partial charge in [-0.05, 0) is 42.8 Å². The Morgan fingerprint density at radius 1 is 1.00 bits per heavy atom. The van der Waals surface area contributed by atoms with Crippen molar-refractivity contribution in [3.8, 4) is 16.8 Å². The third kappa shape index (κ3) is 4.29. The number of halogens is 2. The summed E-state index contributed by atoms with van der Waals surface area (Å²) in [5.74, 6) is -2.46. The summed E-state index contributed by atoms with van der Waals surface area (Å²) in [4.78, 5) is 28.9. The highest BCUT2D eigenvalue weighted by Crippen LogP contribution is 2.23. The average molecular weight is 432 g/mol. The molecule has 4 rings (SSSR count). The molecule has 0 aliphatic carbocycles. The van der Waals surface area contributed by atoms with Crippen molar-refractivity contribution in [3.63, 3.8) is 0 Å². The van der Waals surface area contributed by atoms with Crippen LogP contribution in [0.2, 0.25) is 0 Å². The Labute approximate surface area is 182 Å². The minimum absolute atomic E-state index is 0.318. The van der Waals surface area contributed by atoms with E-state index in [1.165, 1.54) is 29.1 Å². The van der Waals surface area contributed by atoms with Crippen LogP contribution in [0.25, 0.3) is 16.8 Å². The number of pyridine rings is 1. The van der Waals surface area contributed by atoms with E-state index in [-0.39, 0.29) is 11.3 Å². The highest BCUT2D eigenvalue weighted by atomic mass is 19.1. The molecule has 1 N–H and O–H groups in total. The highest BCUT2D eigenvalue weighted by molar-refractivity contribution is 5.92. The van der Waals surface area contributed by atoms with E-state index in [2.05, 4.69) is 15.4 Å². The van der Waals surface area contributed by atoms with Crippen LogP contribution in [0.1, 0.15) is 21.7 Å². The van der Waals surface area contributed by atoms with Crippen molar-refractivity contribution in [2.75, 3.05) is 0 Å². The van der Waals surface area contributed by atoms with E-state index in [0.717, 1.165) is 0 Å². The van der Waals surface area contributed by atoms with E-state index in [4.69, 9.17) is 0 Å². The zero-order valence-corrected chi connectivity index (χ0v) is 17.0. The summed E-state index contributed by atoms with van der Waals surface area (Å²) in [5.41, 5.74) is 0.831. The smallest absolute Gasteiger partial charge is 0.276 e. The van der Waals surface area contributed by atoms with Crippen molar-refractivity contribution >= 4 is 5.91 Å². The molecule has 1 amide bonds. The predicted octanol–water partition coefficient (Wildman–Crippen LogP) is 3.81. The van der Waals surface area contributed by atoms with Crippen molar-refractivity contribution in [2.45, 2.75) is 13.5 Å². The molecule has 0 aliphatic heterocycles. The Balaban J connectivity index is 1.58. The van der Waals surface area contributed by atoms with Crippen LogP contribution < -0.4 is 10.7 Å². The third-order valence-corrected chi connectivity index (χ3v) is 4.88. The van der Waals surface area contributed by atoms with Gasteiger partial charge in [-0.2, -0.15) is 5.10 Å². The largest absolute Gasteiger partial charge is 0.346 e. The second-order valence-corrected chi connectivity index (χ2v) is 7.09. The van der Waals surface area contributed by atoms with Gasteiger partial charge in [-0.15, -0.1) is 0 Å². The number of hydrogen-bond donors (Lipinski definition) is 1. The standard InChI is InChI=1S/C24H18F2N4O2/c1-15-10-22(31)23(29-30(15)18-7-3-2-4-8-18)24(32)28-14-19-20(25)11-17(12-21(19)26)16-6-5-9-27-13-16/h2-13H,14H2,1H3,(H,28,32). The normalized spacial score (nSPS) is 10.7. The Bertz CT molecular complexity index is 1320. The fraction of sp³-hybridized carbons (Fsp3) is 0.0833. The molecule has 0 saturated carbocycles. The Morgan fingerprint density at radius 2 is 1.72 bits per heavy atom. The fourth-order valence-corrected chi connectivity index (χ4v) is 3.26. The summed E-state index contributed by atoms with van der Waals surface area (Å²) in [6.07, 6.45) is 3.06. The number of benzene rings is 2. The number of rotatable bonds is 5. The van der Waals surface area contributed by atoms with E-state index in [1.807, 2.05) is 6.07 Å². The first-order valence-electron chi connectivity index (χ1n) is 9.77. The quantitative estimate of drug-likeness (QED) is 0.520. The molecule has 0 spiro atoms. The Morgan fingerprint density at radius 3 is 2.38 bits per heavy atom. The van der Waals surface area contributed by atoms with E-state index < -0.39 is 29.5 Å². The number of aromatic nitrogens is 3. The molecule has 0 aliphatic rings. The number of amides is 1. The first-order chi connectivity index (χ1) is 15.4. The molecule has 32 heavy (non-hydrogen) atoms. The van der Waals surface area contributed by atoms with E-state index in [9.17, 15) is 18.4 Å². The molecule has 0 bridgehead atoms. The summed E-state index contributed by atoms with van der Waals surface area (Å²) in [6, 6.07) is 16.0. The molecule has 8 heteroatoms. The van der Waals surface area contributed by atoms with Crippen LogP contribution in [-0.4, -0.2) is 20.7 Å². The summed E-state index contributed by atoms with van der Waals surface area (Å²) in [7, 11) is 0. The molecule has 0 atom stereocenters. The molecule has 0 fully saturated rings. The zero-order valence-electron chi connectivity index (χ0n) is 17.0. The zero-order chi connectivity index (χ0) is 22.7. The van der Waals surface area contributed by atoms with Crippen LogP contribution in [0.5, 0.6) is 0 Å². The van der Waals surface area contributed by atoms with Gasteiger partial charge in [0.2, 0.25) is 5.43 Å². The molecule has 0 saturated heterocycles. The first kappa shape index (κ1) is 21.0. The van der Waals surface area contributed by atoms with Gasteiger partial charge in [0.1, 0.15) is 11.6 Å². The number of para-hydroxylation sites is 1. The SMILES string of the molecule is Cc1cc(=O)c(C(=O)NCc2c(F)cc(-c3cccnc3)cc2F)nn1-c1ccccc1. The maximum Gasteiger partial charge on any atom is 0.276 e. The fourth-order valence-electron chi connectivity index (χ4n) is 3.26. The second-order valence-electron chi connectivity index (χ2n) is 7.09. The molecule has 4 aromatic rings. The van der Waals surface area contributed by atoms with Gasteiger partial charge in [0, 0.05) is 41.8 Å². The van der Waals surface area contributed by atoms with E-state index in [1.54, 1.807) is 49.5 Å². The molecule has 2 aromatic carbocycles. The van der Waals surface area contributed by atoms with Gasteiger partial charge in [0.05, 0.1) is 5.69 Å². The van der Waals surface area contributed by atoms with Gasteiger partial charge in [0.15, 0.2) is 5.69 Å². The van der Waals surface area contributed by atoms with Crippen LogP contribution in [0.3, 0.4) is 0 Å². The van der Waals surface area contributed by atoms with E-state index in [0.29, 0.717) is 22.5 Å². The molecule has 0 unspecified atom stereocenters. The summed E-state index contributed by atoms with van der Waals surface area (Å²) in [6.45, 7) is 1.25. The van der Waals surface area contributed by atoms with Crippen molar-refractivity contribution in [1.29, 1.82) is 0 Å². The van der Waals surface area contributed by atoms with Crippen molar-refractivity contribution in [2.24, 2.45) is 0 Å². The maximum atomic E-state index is 14.6. The van der Waals surface area contributed by atoms with Crippen molar-refractivity contribution in [3.05, 3.63) is 112 Å². The number of carbonyl (C=O) groups is 1. The second kappa shape index (κ2) is 8.89. The van der Waals surface area contributed by atoms with Crippen LogP contribution in [-0.2, 0) is 6.54 Å². The van der Waals surface area contributed by atoms with Crippen molar-refractivity contribution in [1.82, 2.24) is 20.1 Å².